The Morgan fingerprint density at radius 1 is 1.25 bits per heavy atom. The number of benzene rings is 1. The minimum atomic E-state index is 0.385. The van der Waals surface area contributed by atoms with Crippen molar-refractivity contribution in [2.75, 3.05) is 0 Å². The maximum Gasteiger partial charge on any atom is 0.0297 e. The van der Waals surface area contributed by atoms with Gasteiger partial charge in [-0.25, -0.2) is 0 Å². The molecule has 1 aromatic heterocycles. The van der Waals surface area contributed by atoms with E-state index in [9.17, 15) is 0 Å². The first-order valence-electron chi connectivity index (χ1n) is 5.68. The number of aryl methyl sites for hydroxylation is 1. The van der Waals surface area contributed by atoms with Crippen molar-refractivity contribution in [2.24, 2.45) is 0 Å². The van der Waals surface area contributed by atoms with Gasteiger partial charge in [-0.1, -0.05) is 24.3 Å². The summed E-state index contributed by atoms with van der Waals surface area (Å²) in [5.41, 5.74) is 4.01. The molecule has 1 heterocycles. The number of nitrogens with one attached hydrogen (secondary N) is 2. The fourth-order valence-corrected chi connectivity index (χ4v) is 1.92. The van der Waals surface area contributed by atoms with E-state index in [1.165, 1.54) is 16.7 Å². The second kappa shape index (κ2) is 4.99. The summed E-state index contributed by atoms with van der Waals surface area (Å²) >= 11 is 0. The highest BCUT2D eigenvalue weighted by Crippen LogP contribution is 2.16. The molecule has 0 radical (unpaired) electrons. The van der Waals surface area contributed by atoms with E-state index in [1.54, 1.807) is 0 Å². The number of aromatic amines is 1. The summed E-state index contributed by atoms with van der Waals surface area (Å²) in [6.45, 7) is 5.26. The highest BCUT2D eigenvalue weighted by atomic mass is 14.9. The van der Waals surface area contributed by atoms with Crippen LogP contribution in [0.4, 0.5) is 0 Å². The molecule has 0 aliphatic carbocycles. The van der Waals surface area contributed by atoms with Crippen LogP contribution in [0.2, 0.25) is 0 Å². The normalized spacial score (nSPS) is 12.6. The first kappa shape index (κ1) is 11.0. The average molecular weight is 214 g/mol. The Balaban J connectivity index is 1.98. The predicted octanol–water partition coefficient (Wildman–Crippen LogP) is 3.17. The average Bonchev–Trinajstić information content (AvgIpc) is 2.79. The molecule has 2 aromatic rings. The topological polar surface area (TPSA) is 27.8 Å². The van der Waals surface area contributed by atoms with E-state index in [4.69, 9.17) is 0 Å². The van der Waals surface area contributed by atoms with E-state index in [0.29, 0.717) is 6.04 Å². The van der Waals surface area contributed by atoms with Gasteiger partial charge < -0.3 is 10.3 Å². The quantitative estimate of drug-likeness (QED) is 0.803. The van der Waals surface area contributed by atoms with Crippen LogP contribution in [0.3, 0.4) is 0 Å². The fourth-order valence-electron chi connectivity index (χ4n) is 1.92. The lowest BCUT2D eigenvalue weighted by Crippen LogP contribution is -2.18. The van der Waals surface area contributed by atoms with Crippen molar-refractivity contribution in [2.45, 2.75) is 26.4 Å². The number of H-pyrrole nitrogens is 1. The van der Waals surface area contributed by atoms with E-state index in [1.807, 2.05) is 12.4 Å². The molecule has 2 heteroatoms. The molecule has 0 saturated heterocycles. The Kier molecular flexibility index (Phi) is 3.42. The van der Waals surface area contributed by atoms with E-state index in [-0.39, 0.29) is 0 Å². The predicted molar refractivity (Wildman–Crippen MR) is 67.2 cm³/mol. The molecule has 1 aromatic carbocycles. The maximum absolute atomic E-state index is 3.52. The SMILES string of the molecule is Cc1ccccc1[C@H](C)NCc1cc[nH]c1. The van der Waals surface area contributed by atoms with Gasteiger partial charge in [0.05, 0.1) is 0 Å². The highest BCUT2D eigenvalue weighted by molar-refractivity contribution is 5.28. The Morgan fingerprint density at radius 3 is 2.75 bits per heavy atom. The molecule has 2 rings (SSSR count). The summed E-state index contributed by atoms with van der Waals surface area (Å²) in [5, 5.41) is 3.52. The summed E-state index contributed by atoms with van der Waals surface area (Å²) in [4.78, 5) is 3.06. The fraction of sp³-hybridized carbons (Fsp3) is 0.286. The molecule has 0 saturated carbocycles. The number of hydrogen-bond acceptors (Lipinski definition) is 1. The van der Waals surface area contributed by atoms with Gasteiger partial charge in [-0.3, -0.25) is 0 Å². The zero-order valence-electron chi connectivity index (χ0n) is 9.83. The summed E-state index contributed by atoms with van der Waals surface area (Å²) < 4.78 is 0. The van der Waals surface area contributed by atoms with Gasteiger partial charge >= 0.3 is 0 Å². The summed E-state index contributed by atoms with van der Waals surface area (Å²) in [6, 6.07) is 11.0. The Hall–Kier alpha value is -1.54. The minimum absolute atomic E-state index is 0.385. The van der Waals surface area contributed by atoms with Crippen molar-refractivity contribution >= 4 is 0 Å². The lowest BCUT2D eigenvalue weighted by molar-refractivity contribution is 0.572. The van der Waals surface area contributed by atoms with Gasteiger partial charge in [0.2, 0.25) is 0 Å². The maximum atomic E-state index is 3.52. The lowest BCUT2D eigenvalue weighted by Gasteiger charge is -2.16. The second-order valence-electron chi connectivity index (χ2n) is 4.18. The molecule has 0 amide bonds. The highest BCUT2D eigenvalue weighted by Gasteiger charge is 2.06. The standard InChI is InChI=1S/C14H18N2/c1-11-5-3-4-6-14(11)12(2)16-10-13-7-8-15-9-13/h3-9,12,15-16H,10H2,1-2H3/t12-/m0/s1. The third-order valence-corrected chi connectivity index (χ3v) is 2.93. The van der Waals surface area contributed by atoms with Crippen LogP contribution in [0.1, 0.15) is 29.7 Å². The van der Waals surface area contributed by atoms with Crippen molar-refractivity contribution in [1.29, 1.82) is 0 Å². The van der Waals surface area contributed by atoms with Gasteiger partial charge in [0, 0.05) is 25.0 Å². The van der Waals surface area contributed by atoms with Crippen molar-refractivity contribution < 1.29 is 0 Å². The van der Waals surface area contributed by atoms with Crippen LogP contribution >= 0.6 is 0 Å². The number of rotatable bonds is 4. The molecule has 0 aliphatic heterocycles. The summed E-state index contributed by atoms with van der Waals surface area (Å²) in [6.07, 6.45) is 3.98. The van der Waals surface area contributed by atoms with Gasteiger partial charge in [-0.2, -0.15) is 0 Å². The van der Waals surface area contributed by atoms with Gasteiger partial charge in [0.1, 0.15) is 0 Å². The Labute approximate surface area is 96.7 Å². The smallest absolute Gasteiger partial charge is 0.0297 e. The number of hydrogen-bond donors (Lipinski definition) is 2. The van der Waals surface area contributed by atoms with Crippen molar-refractivity contribution in [3.8, 4) is 0 Å². The van der Waals surface area contributed by atoms with Crippen LogP contribution in [0, 0.1) is 6.92 Å². The summed E-state index contributed by atoms with van der Waals surface area (Å²) in [7, 11) is 0. The van der Waals surface area contributed by atoms with Crippen molar-refractivity contribution in [3.05, 3.63) is 59.4 Å². The lowest BCUT2D eigenvalue weighted by atomic mass is 10.0. The van der Waals surface area contributed by atoms with E-state index >= 15 is 0 Å². The molecular formula is C14H18N2. The van der Waals surface area contributed by atoms with Gasteiger partial charge in [-0.05, 0) is 36.6 Å². The first-order valence-corrected chi connectivity index (χ1v) is 5.68. The minimum Gasteiger partial charge on any atom is -0.367 e. The molecule has 1 atom stereocenters. The monoisotopic (exact) mass is 214 g/mol. The molecule has 0 bridgehead atoms. The summed E-state index contributed by atoms with van der Waals surface area (Å²) in [5.74, 6) is 0. The first-order chi connectivity index (χ1) is 7.77. The molecular weight excluding hydrogens is 196 g/mol. The Bertz CT molecular complexity index is 432. The van der Waals surface area contributed by atoms with Gasteiger partial charge in [0.25, 0.3) is 0 Å². The van der Waals surface area contributed by atoms with Crippen LogP contribution in [0.15, 0.2) is 42.7 Å². The van der Waals surface area contributed by atoms with E-state index in [0.717, 1.165) is 6.54 Å². The third kappa shape index (κ3) is 2.52. The molecule has 84 valence electrons. The molecule has 0 fully saturated rings. The van der Waals surface area contributed by atoms with E-state index < -0.39 is 0 Å². The second-order valence-corrected chi connectivity index (χ2v) is 4.18. The molecule has 0 spiro atoms. The largest absolute Gasteiger partial charge is 0.367 e. The molecule has 16 heavy (non-hydrogen) atoms. The van der Waals surface area contributed by atoms with Crippen LogP contribution in [0.5, 0.6) is 0 Å². The van der Waals surface area contributed by atoms with Crippen LogP contribution in [0.25, 0.3) is 0 Å². The zero-order chi connectivity index (χ0) is 11.4. The van der Waals surface area contributed by atoms with Gasteiger partial charge in [0.15, 0.2) is 0 Å². The van der Waals surface area contributed by atoms with Gasteiger partial charge in [-0.15, -0.1) is 0 Å². The molecule has 2 N–H and O–H groups in total. The zero-order valence-corrected chi connectivity index (χ0v) is 9.83. The molecule has 0 unspecified atom stereocenters. The molecule has 0 aliphatic rings. The van der Waals surface area contributed by atoms with Crippen LogP contribution < -0.4 is 5.32 Å². The van der Waals surface area contributed by atoms with Crippen molar-refractivity contribution in [3.63, 3.8) is 0 Å². The van der Waals surface area contributed by atoms with E-state index in [2.05, 4.69) is 54.5 Å². The van der Waals surface area contributed by atoms with Crippen molar-refractivity contribution in [1.82, 2.24) is 10.3 Å². The Morgan fingerprint density at radius 2 is 2.06 bits per heavy atom. The number of aromatic nitrogens is 1. The van der Waals surface area contributed by atoms with Crippen LogP contribution in [-0.2, 0) is 6.54 Å². The molecule has 2 nitrogen and oxygen atoms in total. The van der Waals surface area contributed by atoms with Crippen LogP contribution in [-0.4, -0.2) is 4.98 Å². The third-order valence-electron chi connectivity index (χ3n) is 2.93.